The number of carbonyl (C=O) groups is 1. The summed E-state index contributed by atoms with van der Waals surface area (Å²) in [5, 5.41) is 8.79. The molecule has 0 aromatic heterocycles. The first-order chi connectivity index (χ1) is 14.7. The predicted octanol–water partition coefficient (Wildman–Crippen LogP) is 2.45. The highest BCUT2D eigenvalue weighted by molar-refractivity contribution is 5.84. The molecular formula is C22H26N4O4. The SMILES string of the molecule is N#C[C@@H](N=CNOC(CCCOCc1ccccc1)OCc1ccccc1)C(N)=O. The van der Waals surface area contributed by atoms with Gasteiger partial charge in [0.15, 0.2) is 6.29 Å². The molecule has 2 aromatic carbocycles. The molecule has 2 atom stereocenters. The van der Waals surface area contributed by atoms with Gasteiger partial charge in [-0.05, 0) is 17.5 Å². The zero-order valence-electron chi connectivity index (χ0n) is 16.6. The second kappa shape index (κ2) is 13.8. The number of aliphatic imine (C=N–C) groups is 1. The van der Waals surface area contributed by atoms with Crippen molar-refractivity contribution < 1.29 is 19.1 Å². The number of rotatable bonds is 14. The molecule has 2 rings (SSSR count). The smallest absolute Gasteiger partial charge is 0.256 e. The third-order valence-corrected chi connectivity index (χ3v) is 3.99. The molecule has 1 unspecified atom stereocenters. The lowest BCUT2D eigenvalue weighted by Crippen LogP contribution is -2.29. The zero-order chi connectivity index (χ0) is 21.4. The number of primary amides is 1. The Hall–Kier alpha value is -3.25. The van der Waals surface area contributed by atoms with Gasteiger partial charge in [0.1, 0.15) is 6.34 Å². The number of carbonyl (C=O) groups excluding carboxylic acids is 1. The normalized spacial score (nSPS) is 12.9. The molecule has 0 aliphatic rings. The Balaban J connectivity index is 1.76. The lowest BCUT2D eigenvalue weighted by molar-refractivity contribution is -0.175. The molecule has 0 fully saturated rings. The largest absolute Gasteiger partial charge is 0.377 e. The first-order valence-corrected chi connectivity index (χ1v) is 9.58. The number of hydroxylamine groups is 1. The second-order valence-electron chi connectivity index (χ2n) is 6.35. The molecule has 0 bridgehead atoms. The third kappa shape index (κ3) is 9.30. The number of ether oxygens (including phenoxy) is 2. The van der Waals surface area contributed by atoms with Crippen LogP contribution in [0.5, 0.6) is 0 Å². The van der Waals surface area contributed by atoms with Crippen LogP contribution in [-0.4, -0.2) is 31.2 Å². The maximum Gasteiger partial charge on any atom is 0.256 e. The van der Waals surface area contributed by atoms with Crippen molar-refractivity contribution in [3.8, 4) is 6.07 Å². The fourth-order valence-corrected chi connectivity index (χ4v) is 2.44. The molecule has 3 N–H and O–H groups in total. The summed E-state index contributed by atoms with van der Waals surface area (Å²) in [5.41, 5.74) is 9.68. The van der Waals surface area contributed by atoms with Crippen molar-refractivity contribution in [3.63, 3.8) is 0 Å². The number of nitriles is 1. The quantitative estimate of drug-likeness (QED) is 0.162. The van der Waals surface area contributed by atoms with E-state index in [2.05, 4.69) is 10.5 Å². The molecule has 0 radical (unpaired) electrons. The van der Waals surface area contributed by atoms with Gasteiger partial charge in [0.05, 0.1) is 19.3 Å². The van der Waals surface area contributed by atoms with E-state index in [0.29, 0.717) is 32.7 Å². The van der Waals surface area contributed by atoms with E-state index < -0.39 is 18.2 Å². The van der Waals surface area contributed by atoms with Crippen LogP contribution >= 0.6 is 0 Å². The van der Waals surface area contributed by atoms with E-state index in [-0.39, 0.29) is 0 Å². The zero-order valence-corrected chi connectivity index (χ0v) is 16.6. The summed E-state index contributed by atoms with van der Waals surface area (Å²) in [5.74, 6) is -0.831. The fraction of sp³-hybridized carbons (Fsp3) is 0.318. The Morgan fingerprint density at radius 3 is 2.33 bits per heavy atom. The predicted molar refractivity (Wildman–Crippen MR) is 112 cm³/mol. The molecule has 0 spiro atoms. The first-order valence-electron chi connectivity index (χ1n) is 9.58. The molecule has 0 aliphatic carbocycles. The van der Waals surface area contributed by atoms with Gasteiger partial charge in [-0.2, -0.15) is 5.26 Å². The molecule has 0 saturated heterocycles. The summed E-state index contributed by atoms with van der Waals surface area (Å²) in [4.78, 5) is 20.2. The molecule has 30 heavy (non-hydrogen) atoms. The van der Waals surface area contributed by atoms with Crippen LogP contribution in [0, 0.1) is 11.3 Å². The van der Waals surface area contributed by atoms with Crippen molar-refractivity contribution in [3.05, 3.63) is 71.8 Å². The molecule has 158 valence electrons. The maximum atomic E-state index is 11.0. The molecule has 2 aromatic rings. The molecule has 0 heterocycles. The van der Waals surface area contributed by atoms with Crippen molar-refractivity contribution in [1.29, 1.82) is 5.26 Å². The number of hydrogen-bond acceptors (Lipinski definition) is 6. The van der Waals surface area contributed by atoms with Gasteiger partial charge in [0.25, 0.3) is 5.91 Å². The lowest BCUT2D eigenvalue weighted by atomic mass is 10.2. The van der Waals surface area contributed by atoms with Crippen molar-refractivity contribution in [2.24, 2.45) is 10.7 Å². The highest BCUT2D eigenvalue weighted by Gasteiger charge is 2.12. The third-order valence-electron chi connectivity index (χ3n) is 3.99. The Bertz CT molecular complexity index is 809. The van der Waals surface area contributed by atoms with Crippen LogP contribution in [0.2, 0.25) is 0 Å². The number of nitrogens with two attached hydrogens (primary N) is 1. The molecule has 1 amide bonds. The second-order valence-corrected chi connectivity index (χ2v) is 6.35. The molecule has 8 nitrogen and oxygen atoms in total. The van der Waals surface area contributed by atoms with E-state index in [1.54, 1.807) is 6.07 Å². The van der Waals surface area contributed by atoms with Crippen LogP contribution in [-0.2, 0) is 32.3 Å². The van der Waals surface area contributed by atoms with Gasteiger partial charge in [-0.25, -0.2) is 9.83 Å². The van der Waals surface area contributed by atoms with E-state index >= 15 is 0 Å². The average molecular weight is 410 g/mol. The van der Waals surface area contributed by atoms with E-state index in [4.69, 9.17) is 25.3 Å². The fourth-order valence-electron chi connectivity index (χ4n) is 2.44. The topological polar surface area (TPSA) is 119 Å². The number of nitrogens with zero attached hydrogens (tertiary/aromatic N) is 2. The average Bonchev–Trinajstić information content (AvgIpc) is 2.77. The Labute approximate surface area is 176 Å². The van der Waals surface area contributed by atoms with Gasteiger partial charge in [-0.15, -0.1) is 0 Å². The Morgan fingerprint density at radius 1 is 1.10 bits per heavy atom. The Morgan fingerprint density at radius 2 is 1.73 bits per heavy atom. The highest BCUT2D eigenvalue weighted by Crippen LogP contribution is 2.09. The van der Waals surface area contributed by atoms with Crippen LogP contribution in [0.25, 0.3) is 0 Å². The van der Waals surface area contributed by atoms with E-state index in [9.17, 15) is 4.79 Å². The monoisotopic (exact) mass is 410 g/mol. The van der Waals surface area contributed by atoms with Crippen molar-refractivity contribution in [2.75, 3.05) is 6.61 Å². The van der Waals surface area contributed by atoms with Crippen LogP contribution in [0.4, 0.5) is 0 Å². The van der Waals surface area contributed by atoms with Gasteiger partial charge in [0.2, 0.25) is 6.04 Å². The minimum atomic E-state index is -1.27. The highest BCUT2D eigenvalue weighted by atomic mass is 16.8. The van der Waals surface area contributed by atoms with Gasteiger partial charge in [-0.3, -0.25) is 10.3 Å². The number of nitrogens with one attached hydrogen (secondary N) is 1. The van der Waals surface area contributed by atoms with E-state index in [1.165, 1.54) is 0 Å². The van der Waals surface area contributed by atoms with Gasteiger partial charge in [-0.1, -0.05) is 60.7 Å². The molecular weight excluding hydrogens is 384 g/mol. The van der Waals surface area contributed by atoms with Crippen LogP contribution in [0.3, 0.4) is 0 Å². The lowest BCUT2D eigenvalue weighted by Gasteiger charge is -2.18. The van der Waals surface area contributed by atoms with Crippen LogP contribution in [0.15, 0.2) is 65.7 Å². The summed E-state index contributed by atoms with van der Waals surface area (Å²) in [7, 11) is 0. The standard InChI is InChI=1S/C22H26N4O4/c23-14-20(22(24)27)25-17-26-30-21(29-16-19-10-5-2-6-11-19)12-7-13-28-15-18-8-3-1-4-9-18/h1-6,8-11,17,20-21H,7,12-13,15-16H2,(H2,24,27)(H,25,26)/t20-,21?/m1/s1. The molecule has 0 saturated carbocycles. The number of hydrogen-bond donors (Lipinski definition) is 2. The first kappa shape index (κ1) is 23.0. The van der Waals surface area contributed by atoms with Crippen LogP contribution in [0.1, 0.15) is 24.0 Å². The number of benzene rings is 2. The van der Waals surface area contributed by atoms with Crippen molar-refractivity contribution in [1.82, 2.24) is 5.48 Å². The minimum absolute atomic E-state index is 0.372. The molecule has 0 aliphatic heterocycles. The van der Waals surface area contributed by atoms with Gasteiger partial charge in [0, 0.05) is 13.0 Å². The number of amides is 1. The summed E-state index contributed by atoms with van der Waals surface area (Å²) in [6, 6.07) is 20.1. The van der Waals surface area contributed by atoms with Crippen molar-refractivity contribution in [2.45, 2.75) is 38.4 Å². The van der Waals surface area contributed by atoms with Crippen LogP contribution < -0.4 is 11.2 Å². The van der Waals surface area contributed by atoms with E-state index in [1.807, 2.05) is 60.7 Å². The van der Waals surface area contributed by atoms with Crippen molar-refractivity contribution >= 4 is 12.2 Å². The summed E-state index contributed by atoms with van der Waals surface area (Å²) in [6.45, 7) is 1.47. The molecule has 8 heteroatoms. The summed E-state index contributed by atoms with van der Waals surface area (Å²) < 4.78 is 11.5. The maximum absolute atomic E-state index is 11.0. The van der Waals surface area contributed by atoms with Gasteiger partial charge < -0.3 is 15.2 Å². The van der Waals surface area contributed by atoms with Gasteiger partial charge >= 0.3 is 0 Å². The Kier molecular flexibility index (Phi) is 10.6. The van der Waals surface area contributed by atoms with E-state index in [0.717, 1.165) is 17.5 Å². The minimum Gasteiger partial charge on any atom is -0.377 e. The summed E-state index contributed by atoms with van der Waals surface area (Å²) >= 11 is 0. The summed E-state index contributed by atoms with van der Waals surface area (Å²) in [6.07, 6.45) is 1.82.